The number of aromatic nitrogens is 3. The molecule has 0 bridgehead atoms. The number of hydrogen-bond acceptors (Lipinski definition) is 4. The Hall–Kier alpha value is -1.28. The van der Waals surface area contributed by atoms with Crippen molar-refractivity contribution in [3.63, 3.8) is 0 Å². The first-order chi connectivity index (χ1) is 12.2. The Bertz CT molecular complexity index is 903. The van der Waals surface area contributed by atoms with Crippen LogP contribution in [0.1, 0.15) is 36.8 Å². The Kier molecular flexibility index (Phi) is 4.90. The van der Waals surface area contributed by atoms with E-state index in [9.17, 15) is 0 Å². The van der Waals surface area contributed by atoms with E-state index in [2.05, 4.69) is 47.4 Å². The molecule has 0 saturated carbocycles. The summed E-state index contributed by atoms with van der Waals surface area (Å²) in [7, 11) is 0. The van der Waals surface area contributed by atoms with Gasteiger partial charge >= 0.3 is 0 Å². The van der Waals surface area contributed by atoms with Crippen molar-refractivity contribution in [3.05, 3.63) is 44.2 Å². The van der Waals surface area contributed by atoms with Gasteiger partial charge in [-0.15, -0.1) is 27.8 Å². The van der Waals surface area contributed by atoms with E-state index in [1.807, 2.05) is 16.0 Å². The van der Waals surface area contributed by atoms with Gasteiger partial charge in [0.1, 0.15) is 6.04 Å². The Balaban J connectivity index is 1.66. The van der Waals surface area contributed by atoms with E-state index in [0.29, 0.717) is 6.04 Å². The molecule has 25 heavy (non-hydrogen) atoms. The summed E-state index contributed by atoms with van der Waals surface area (Å²) >= 11 is 9.37. The quantitative estimate of drug-likeness (QED) is 0.670. The van der Waals surface area contributed by atoms with Gasteiger partial charge in [-0.05, 0) is 42.0 Å². The normalized spacial score (nSPS) is 19.9. The highest BCUT2D eigenvalue weighted by atomic mass is 32.1. The van der Waals surface area contributed by atoms with Gasteiger partial charge in [0.15, 0.2) is 12.5 Å². The van der Waals surface area contributed by atoms with Gasteiger partial charge in [-0.3, -0.25) is 4.57 Å². The molecule has 1 aliphatic heterocycles. The number of quaternary nitrogens is 1. The van der Waals surface area contributed by atoms with E-state index in [1.54, 1.807) is 21.1 Å². The maximum absolute atomic E-state index is 5.75. The summed E-state index contributed by atoms with van der Waals surface area (Å²) in [6, 6.07) is 7.06. The summed E-state index contributed by atoms with van der Waals surface area (Å²) in [6.07, 6.45) is 2.32. The summed E-state index contributed by atoms with van der Waals surface area (Å²) < 4.78 is 5.04. The first kappa shape index (κ1) is 17.1. The summed E-state index contributed by atoms with van der Waals surface area (Å²) in [4.78, 5) is 4.33. The average Bonchev–Trinajstić information content (AvgIpc) is 3.35. The molecule has 3 aromatic heterocycles. The second-order valence-corrected chi connectivity index (χ2v) is 8.72. The van der Waals surface area contributed by atoms with Gasteiger partial charge in [-0.25, -0.2) is 0 Å². The third-order valence-corrected chi connectivity index (χ3v) is 7.36. The Morgan fingerprint density at radius 3 is 2.88 bits per heavy atom. The Labute approximate surface area is 161 Å². The van der Waals surface area contributed by atoms with Crippen molar-refractivity contribution in [3.8, 4) is 10.7 Å². The van der Waals surface area contributed by atoms with E-state index < -0.39 is 0 Å². The van der Waals surface area contributed by atoms with Crippen LogP contribution in [0.5, 0.6) is 0 Å². The lowest BCUT2D eigenvalue weighted by atomic mass is 9.98. The number of rotatable bonds is 5. The van der Waals surface area contributed by atoms with Crippen molar-refractivity contribution in [1.82, 2.24) is 14.3 Å². The molecule has 1 N–H and O–H groups in total. The lowest BCUT2D eigenvalue weighted by molar-refractivity contribution is -0.956. The summed E-state index contributed by atoms with van der Waals surface area (Å²) in [5.41, 5.74) is 1.54. The van der Waals surface area contributed by atoms with E-state index in [0.717, 1.165) is 36.8 Å². The van der Waals surface area contributed by atoms with Crippen LogP contribution in [-0.2, 0) is 19.6 Å². The van der Waals surface area contributed by atoms with E-state index in [1.165, 1.54) is 16.9 Å². The predicted octanol–water partition coefficient (Wildman–Crippen LogP) is 3.77. The van der Waals surface area contributed by atoms with Crippen molar-refractivity contribution in [2.75, 3.05) is 6.54 Å². The van der Waals surface area contributed by atoms with Crippen LogP contribution in [0.25, 0.3) is 10.7 Å². The van der Waals surface area contributed by atoms with Crippen LogP contribution in [0.4, 0.5) is 0 Å². The van der Waals surface area contributed by atoms with Gasteiger partial charge in [-0.2, -0.15) is 4.68 Å². The molecular formula is C18H23N4S3+. The lowest BCUT2D eigenvalue weighted by Gasteiger charge is -2.31. The maximum atomic E-state index is 5.75. The number of nitrogens with zero attached hydrogens (tertiary/aromatic N) is 3. The monoisotopic (exact) mass is 391 g/mol. The van der Waals surface area contributed by atoms with Crippen molar-refractivity contribution in [1.29, 1.82) is 0 Å². The highest BCUT2D eigenvalue weighted by Gasteiger charge is 2.31. The van der Waals surface area contributed by atoms with Gasteiger partial charge in [0.05, 0.1) is 11.4 Å². The zero-order chi connectivity index (χ0) is 17.4. The highest BCUT2D eigenvalue weighted by molar-refractivity contribution is 7.71. The van der Waals surface area contributed by atoms with E-state index in [-0.39, 0.29) is 0 Å². The molecule has 0 spiro atoms. The standard InChI is InChI=1S/C18H22N4S3/c1-3-14-13-8-11-25-15(13)7-9-20(14)12-22-18(23)21(4-2)17(19-22)16-6-5-10-24-16/h5-6,8,10-11,14H,3-4,7,9,12H2,1-2H3/p+1/t14-/m0/s1. The topological polar surface area (TPSA) is 27.2 Å². The Morgan fingerprint density at radius 1 is 1.28 bits per heavy atom. The van der Waals surface area contributed by atoms with Crippen LogP contribution < -0.4 is 4.90 Å². The summed E-state index contributed by atoms with van der Waals surface area (Å²) in [5, 5.41) is 9.23. The predicted molar refractivity (Wildman–Crippen MR) is 107 cm³/mol. The first-order valence-electron chi connectivity index (χ1n) is 8.85. The van der Waals surface area contributed by atoms with Crippen LogP contribution in [0, 0.1) is 4.77 Å². The molecule has 0 amide bonds. The fourth-order valence-electron chi connectivity index (χ4n) is 3.84. The van der Waals surface area contributed by atoms with E-state index >= 15 is 0 Å². The third-order valence-electron chi connectivity index (χ3n) is 5.06. The molecule has 4 rings (SSSR count). The lowest BCUT2D eigenvalue weighted by Crippen LogP contribution is -3.12. The second kappa shape index (κ2) is 7.15. The number of fused-ring (bicyclic) bond motifs is 1. The van der Waals surface area contributed by atoms with Crippen LogP contribution in [0.3, 0.4) is 0 Å². The number of hydrogen-bond donors (Lipinski definition) is 1. The zero-order valence-corrected chi connectivity index (χ0v) is 17.0. The average molecular weight is 392 g/mol. The molecule has 0 saturated heterocycles. The van der Waals surface area contributed by atoms with Gasteiger partial charge in [0.25, 0.3) is 0 Å². The minimum Gasteiger partial charge on any atom is -0.310 e. The molecule has 0 radical (unpaired) electrons. The molecule has 4 heterocycles. The minimum absolute atomic E-state index is 0.550. The zero-order valence-electron chi connectivity index (χ0n) is 14.6. The SMILES string of the molecule is CC[C@H]1c2ccsc2CC[NH+]1Cn1nc(-c2cccs2)n(CC)c1=S. The second-order valence-electron chi connectivity index (χ2n) is 6.40. The molecule has 0 aromatic carbocycles. The van der Waals surface area contributed by atoms with Gasteiger partial charge in [-0.1, -0.05) is 13.0 Å². The molecular weight excluding hydrogens is 368 g/mol. The summed E-state index contributed by atoms with van der Waals surface area (Å²) in [6.45, 7) is 7.28. The largest absolute Gasteiger partial charge is 0.310 e. The molecule has 1 unspecified atom stereocenters. The van der Waals surface area contributed by atoms with Crippen molar-refractivity contribution in [2.45, 2.75) is 45.9 Å². The fourth-order valence-corrected chi connectivity index (χ4v) is 5.82. The van der Waals surface area contributed by atoms with Crippen molar-refractivity contribution in [2.24, 2.45) is 0 Å². The molecule has 3 aromatic rings. The molecule has 2 atom stereocenters. The first-order valence-corrected chi connectivity index (χ1v) is 11.0. The molecule has 132 valence electrons. The number of nitrogens with one attached hydrogen (secondary N) is 1. The van der Waals surface area contributed by atoms with Crippen LogP contribution in [-0.4, -0.2) is 20.9 Å². The Morgan fingerprint density at radius 2 is 2.16 bits per heavy atom. The van der Waals surface area contributed by atoms with Crippen molar-refractivity contribution >= 4 is 34.9 Å². The van der Waals surface area contributed by atoms with Crippen LogP contribution in [0.2, 0.25) is 0 Å². The van der Waals surface area contributed by atoms with Gasteiger partial charge < -0.3 is 4.90 Å². The molecule has 0 aliphatic carbocycles. The van der Waals surface area contributed by atoms with Gasteiger partial charge in [0.2, 0.25) is 4.77 Å². The van der Waals surface area contributed by atoms with Crippen molar-refractivity contribution < 1.29 is 4.90 Å². The van der Waals surface area contributed by atoms with Gasteiger partial charge in [0, 0.05) is 29.8 Å². The maximum Gasteiger partial charge on any atom is 0.203 e. The number of thiophene rings is 2. The van der Waals surface area contributed by atoms with Crippen LogP contribution in [0.15, 0.2) is 29.0 Å². The highest BCUT2D eigenvalue weighted by Crippen LogP contribution is 2.27. The fraction of sp³-hybridized carbons (Fsp3) is 0.444. The molecule has 1 aliphatic rings. The molecule has 7 heteroatoms. The smallest absolute Gasteiger partial charge is 0.203 e. The molecule has 4 nitrogen and oxygen atoms in total. The third kappa shape index (κ3) is 3.03. The molecule has 0 fully saturated rings. The van der Waals surface area contributed by atoms with Crippen LogP contribution >= 0.6 is 34.9 Å². The summed E-state index contributed by atoms with van der Waals surface area (Å²) in [5.74, 6) is 1.00. The minimum atomic E-state index is 0.550. The van der Waals surface area contributed by atoms with E-state index in [4.69, 9.17) is 17.3 Å².